The molecule has 4 aromatic rings. The third kappa shape index (κ3) is 3.97. The molecule has 1 N–H and O–H groups in total. The standard InChI is InChI=1S/C21H20N6O5/c28-27(29)21-16(23-18-7-1-2-8-22-18)11-17(19-20(21)25-32-24-19)26(12-14-5-3-9-30-14)13-15-6-4-10-31-15/h1-3,5,7-9,11,15H,4,6,10,12-13H2,(H,22,23). The molecule has 1 aliphatic heterocycles. The molecule has 0 radical (unpaired) electrons. The van der Waals surface area contributed by atoms with Gasteiger partial charge in [0.05, 0.1) is 29.5 Å². The first-order valence-electron chi connectivity index (χ1n) is 10.2. The number of fused-ring (bicyclic) bond motifs is 1. The van der Waals surface area contributed by atoms with Crippen molar-refractivity contribution < 1.29 is 18.7 Å². The highest BCUT2D eigenvalue weighted by atomic mass is 16.6. The van der Waals surface area contributed by atoms with Gasteiger partial charge in [-0.1, -0.05) is 6.07 Å². The Balaban J connectivity index is 1.62. The Kier molecular flexibility index (Phi) is 5.38. The van der Waals surface area contributed by atoms with Crippen LogP contribution in [0.4, 0.5) is 22.9 Å². The Bertz CT molecular complexity index is 1200. The molecule has 5 rings (SSSR count). The quantitative estimate of drug-likeness (QED) is 0.318. The van der Waals surface area contributed by atoms with Crippen molar-refractivity contribution in [3.8, 4) is 0 Å². The van der Waals surface area contributed by atoms with Gasteiger partial charge in [0, 0.05) is 19.3 Å². The topological polar surface area (TPSA) is 133 Å². The van der Waals surface area contributed by atoms with Gasteiger partial charge in [0.2, 0.25) is 5.52 Å². The lowest BCUT2D eigenvalue weighted by Crippen LogP contribution is -2.32. The van der Waals surface area contributed by atoms with Crippen molar-refractivity contribution in [2.45, 2.75) is 25.5 Å². The van der Waals surface area contributed by atoms with E-state index in [1.807, 2.05) is 17.0 Å². The molecule has 11 nitrogen and oxygen atoms in total. The normalized spacial score (nSPS) is 15.8. The first-order chi connectivity index (χ1) is 15.7. The molecule has 0 bridgehead atoms. The summed E-state index contributed by atoms with van der Waals surface area (Å²) < 4.78 is 16.3. The molecule has 1 aliphatic rings. The Hall–Kier alpha value is -3.99. The molecule has 1 saturated heterocycles. The molecule has 0 amide bonds. The van der Waals surface area contributed by atoms with Gasteiger partial charge in [0.15, 0.2) is 5.52 Å². The average Bonchev–Trinajstić information content (AvgIpc) is 3.56. The van der Waals surface area contributed by atoms with Crippen LogP contribution in [0.3, 0.4) is 0 Å². The van der Waals surface area contributed by atoms with Gasteiger partial charge in [-0.15, -0.1) is 0 Å². The number of furan rings is 1. The number of hydrogen-bond donors (Lipinski definition) is 1. The first kappa shape index (κ1) is 19.9. The minimum absolute atomic E-state index is 0.0299. The lowest BCUT2D eigenvalue weighted by Gasteiger charge is -2.27. The van der Waals surface area contributed by atoms with E-state index < -0.39 is 4.92 Å². The minimum Gasteiger partial charge on any atom is -0.467 e. The zero-order valence-corrected chi connectivity index (χ0v) is 17.0. The number of nitrogens with one attached hydrogen (secondary N) is 1. The Morgan fingerprint density at radius 3 is 2.84 bits per heavy atom. The van der Waals surface area contributed by atoms with Crippen LogP contribution in [0.5, 0.6) is 0 Å². The van der Waals surface area contributed by atoms with Gasteiger partial charge in [0.25, 0.3) is 0 Å². The smallest absolute Gasteiger partial charge is 0.324 e. The number of benzene rings is 1. The second-order valence-corrected chi connectivity index (χ2v) is 7.45. The van der Waals surface area contributed by atoms with E-state index in [4.69, 9.17) is 13.8 Å². The number of ether oxygens (including phenoxy) is 1. The molecule has 0 spiro atoms. The van der Waals surface area contributed by atoms with Crippen molar-refractivity contribution >= 4 is 33.9 Å². The summed E-state index contributed by atoms with van der Waals surface area (Å²) >= 11 is 0. The number of rotatable bonds is 8. The van der Waals surface area contributed by atoms with Gasteiger partial charge >= 0.3 is 5.69 Å². The highest BCUT2D eigenvalue weighted by Gasteiger charge is 2.30. The predicted molar refractivity (Wildman–Crippen MR) is 115 cm³/mol. The number of nitro benzene ring substituents is 1. The number of anilines is 3. The van der Waals surface area contributed by atoms with Crippen LogP contribution in [0.2, 0.25) is 0 Å². The van der Waals surface area contributed by atoms with Gasteiger partial charge in [-0.3, -0.25) is 10.1 Å². The third-order valence-electron chi connectivity index (χ3n) is 5.32. The summed E-state index contributed by atoms with van der Waals surface area (Å²) in [7, 11) is 0. The average molecular weight is 436 g/mol. The molecular formula is C21H20N6O5. The van der Waals surface area contributed by atoms with Crippen LogP contribution in [0.25, 0.3) is 11.0 Å². The molecule has 1 atom stereocenters. The maximum Gasteiger partial charge on any atom is 0.324 e. The van der Waals surface area contributed by atoms with Crippen LogP contribution in [-0.4, -0.2) is 39.5 Å². The third-order valence-corrected chi connectivity index (χ3v) is 5.32. The van der Waals surface area contributed by atoms with Gasteiger partial charge in [-0.05, 0) is 53.5 Å². The van der Waals surface area contributed by atoms with Gasteiger partial charge in [0.1, 0.15) is 17.3 Å². The summed E-state index contributed by atoms with van der Waals surface area (Å²) in [6, 6.07) is 10.6. The SMILES string of the molecule is O=[N+]([O-])c1c(Nc2ccccn2)cc(N(Cc2ccco2)CC2CCCO2)c2nonc12. The minimum atomic E-state index is -0.501. The van der Waals surface area contributed by atoms with Gasteiger partial charge in [-0.2, -0.15) is 0 Å². The number of nitrogens with zero attached hydrogens (tertiary/aromatic N) is 5. The number of hydrogen-bond acceptors (Lipinski definition) is 10. The first-order valence-corrected chi connectivity index (χ1v) is 10.2. The van der Waals surface area contributed by atoms with Crippen molar-refractivity contribution in [3.05, 3.63) is 64.7 Å². The molecule has 0 saturated carbocycles. The zero-order valence-electron chi connectivity index (χ0n) is 17.0. The van der Waals surface area contributed by atoms with E-state index in [2.05, 4.69) is 20.6 Å². The molecule has 1 unspecified atom stereocenters. The van der Waals surface area contributed by atoms with Crippen molar-refractivity contribution in [2.24, 2.45) is 0 Å². The van der Waals surface area contributed by atoms with E-state index in [0.717, 1.165) is 18.6 Å². The number of nitro groups is 1. The zero-order chi connectivity index (χ0) is 21.9. The number of aromatic nitrogens is 3. The van der Waals surface area contributed by atoms with E-state index in [-0.39, 0.29) is 23.0 Å². The molecule has 4 heterocycles. The molecule has 0 aliphatic carbocycles. The van der Waals surface area contributed by atoms with Crippen molar-refractivity contribution in [2.75, 3.05) is 23.4 Å². The van der Waals surface area contributed by atoms with E-state index in [0.29, 0.717) is 36.7 Å². The maximum atomic E-state index is 11.9. The fraction of sp³-hybridized carbons (Fsp3) is 0.286. The van der Waals surface area contributed by atoms with Gasteiger partial charge in [-0.25, -0.2) is 9.61 Å². The van der Waals surface area contributed by atoms with Crippen molar-refractivity contribution in [1.29, 1.82) is 0 Å². The van der Waals surface area contributed by atoms with Gasteiger partial charge < -0.3 is 19.4 Å². The summed E-state index contributed by atoms with van der Waals surface area (Å²) in [5, 5.41) is 22.8. The Morgan fingerprint density at radius 1 is 1.22 bits per heavy atom. The maximum absolute atomic E-state index is 11.9. The summed E-state index contributed by atoms with van der Waals surface area (Å²) in [4.78, 5) is 17.7. The molecule has 164 valence electrons. The highest BCUT2D eigenvalue weighted by Crippen LogP contribution is 2.40. The van der Waals surface area contributed by atoms with Crippen LogP contribution >= 0.6 is 0 Å². The Morgan fingerprint density at radius 2 is 2.12 bits per heavy atom. The van der Waals surface area contributed by atoms with E-state index in [1.165, 1.54) is 0 Å². The lowest BCUT2D eigenvalue weighted by molar-refractivity contribution is -0.382. The molecule has 32 heavy (non-hydrogen) atoms. The highest BCUT2D eigenvalue weighted by molar-refractivity contribution is 6.00. The molecule has 3 aromatic heterocycles. The molecular weight excluding hydrogens is 416 g/mol. The molecule has 1 aromatic carbocycles. The Labute approximate surface area is 182 Å². The van der Waals surface area contributed by atoms with E-state index >= 15 is 0 Å². The lowest BCUT2D eigenvalue weighted by atomic mass is 10.1. The molecule has 1 fully saturated rings. The summed E-state index contributed by atoms with van der Waals surface area (Å²) in [6.07, 6.45) is 5.17. The summed E-state index contributed by atoms with van der Waals surface area (Å²) in [5.74, 6) is 1.21. The van der Waals surface area contributed by atoms with Crippen LogP contribution in [0, 0.1) is 10.1 Å². The molecule has 11 heteroatoms. The van der Waals surface area contributed by atoms with Crippen molar-refractivity contribution in [3.63, 3.8) is 0 Å². The second-order valence-electron chi connectivity index (χ2n) is 7.45. The summed E-state index contributed by atoms with van der Waals surface area (Å²) in [6.45, 7) is 1.70. The second kappa shape index (κ2) is 8.63. The van der Waals surface area contributed by atoms with Crippen LogP contribution < -0.4 is 10.2 Å². The van der Waals surface area contributed by atoms with E-state index in [9.17, 15) is 10.1 Å². The van der Waals surface area contributed by atoms with Crippen LogP contribution in [0.15, 0.2) is 57.9 Å². The largest absolute Gasteiger partial charge is 0.467 e. The summed E-state index contributed by atoms with van der Waals surface area (Å²) in [5.41, 5.74) is 0.988. The van der Waals surface area contributed by atoms with Crippen molar-refractivity contribution in [1.82, 2.24) is 15.3 Å². The van der Waals surface area contributed by atoms with Crippen LogP contribution in [-0.2, 0) is 11.3 Å². The fourth-order valence-electron chi connectivity index (χ4n) is 3.88. The monoisotopic (exact) mass is 436 g/mol. The predicted octanol–water partition coefficient (Wildman–Crippen LogP) is 4.05. The fourth-order valence-corrected chi connectivity index (χ4v) is 3.88. The number of pyridine rings is 1. The van der Waals surface area contributed by atoms with E-state index in [1.54, 1.807) is 36.7 Å². The van der Waals surface area contributed by atoms with Crippen LogP contribution in [0.1, 0.15) is 18.6 Å².